The molecule has 1 N–H and O–H groups in total. The van der Waals surface area contributed by atoms with Gasteiger partial charge in [-0.1, -0.05) is 56.3 Å². The molecule has 0 radical (unpaired) electrons. The van der Waals surface area contributed by atoms with E-state index in [0.29, 0.717) is 35.4 Å². The minimum absolute atomic E-state index is 0.0723. The Hall–Kier alpha value is -3.32. The van der Waals surface area contributed by atoms with E-state index in [0.717, 1.165) is 35.3 Å². The smallest absolute Gasteiger partial charge is 0.176 e. The first-order valence-electron chi connectivity index (χ1n) is 11.8. The van der Waals surface area contributed by atoms with Crippen LogP contribution in [-0.4, -0.2) is 33.8 Å². The predicted octanol–water partition coefficient (Wildman–Crippen LogP) is 6.69. The van der Waals surface area contributed by atoms with Gasteiger partial charge in [0.05, 0.1) is 17.7 Å². The van der Waals surface area contributed by atoms with Crippen LogP contribution < -0.4 is 9.57 Å². The van der Waals surface area contributed by atoms with Gasteiger partial charge in [-0.25, -0.2) is 4.98 Å². The lowest BCUT2D eigenvalue weighted by Crippen LogP contribution is -2.15. The van der Waals surface area contributed by atoms with Crippen molar-refractivity contribution >= 4 is 32.7 Å². The van der Waals surface area contributed by atoms with Gasteiger partial charge in [-0.2, -0.15) is 4.73 Å². The second kappa shape index (κ2) is 11.4. The predicted molar refractivity (Wildman–Crippen MR) is 141 cm³/mol. The molecular weight excluding hydrogens is 508 g/mol. The maximum atomic E-state index is 12.3. The monoisotopic (exact) mass is 536 g/mol. The molecule has 6 nitrogen and oxygen atoms in total. The fourth-order valence-electron chi connectivity index (χ4n) is 3.81. The quantitative estimate of drug-likeness (QED) is 0.171. The van der Waals surface area contributed by atoms with E-state index < -0.39 is 0 Å². The number of fused-ring (bicyclic) bond motifs is 1. The van der Waals surface area contributed by atoms with Crippen molar-refractivity contribution in [2.45, 2.75) is 33.1 Å². The summed E-state index contributed by atoms with van der Waals surface area (Å²) in [7, 11) is 0. The molecule has 3 aromatic carbocycles. The number of ketones is 1. The van der Waals surface area contributed by atoms with Crippen LogP contribution in [0, 0.1) is 5.92 Å². The molecule has 182 valence electrons. The average Bonchev–Trinajstić information content (AvgIpc) is 3.22. The van der Waals surface area contributed by atoms with Gasteiger partial charge >= 0.3 is 0 Å². The highest BCUT2D eigenvalue weighted by molar-refractivity contribution is 9.10. The van der Waals surface area contributed by atoms with Crippen molar-refractivity contribution < 1.29 is 19.5 Å². The average molecular weight is 537 g/mol. The number of hydrogen-bond acceptors (Lipinski definition) is 5. The second-order valence-corrected chi connectivity index (χ2v) is 9.56. The van der Waals surface area contributed by atoms with Crippen LogP contribution in [0.2, 0.25) is 0 Å². The maximum Gasteiger partial charge on any atom is 0.176 e. The molecular formula is C28H29BrN2O4. The number of benzene rings is 3. The molecule has 0 fully saturated rings. The lowest BCUT2D eigenvalue weighted by atomic mass is 10.0. The summed E-state index contributed by atoms with van der Waals surface area (Å²) in [6.07, 6.45) is 1.92. The third kappa shape index (κ3) is 5.85. The van der Waals surface area contributed by atoms with Crippen molar-refractivity contribution in [3.8, 4) is 22.9 Å². The van der Waals surface area contributed by atoms with E-state index in [2.05, 4.69) is 15.9 Å². The summed E-state index contributed by atoms with van der Waals surface area (Å²) in [5, 5.41) is 10.4. The molecule has 7 heteroatoms. The number of aromatic hydroxyl groups is 1. The van der Waals surface area contributed by atoms with E-state index in [1.165, 1.54) is 0 Å². The number of aromatic nitrogens is 2. The second-order valence-electron chi connectivity index (χ2n) is 8.77. The molecule has 0 saturated carbocycles. The molecule has 0 atom stereocenters. The molecule has 4 rings (SSSR count). The van der Waals surface area contributed by atoms with Crippen LogP contribution in [0.25, 0.3) is 22.4 Å². The first kappa shape index (κ1) is 24.8. The zero-order chi connectivity index (χ0) is 24.8. The Labute approximate surface area is 213 Å². The number of carbonyl (C=O) groups excluding carboxylic acids is 1. The van der Waals surface area contributed by atoms with Crippen LogP contribution in [0.15, 0.2) is 71.2 Å². The molecule has 0 amide bonds. The molecule has 0 aliphatic rings. The first-order chi connectivity index (χ1) is 17.0. The van der Waals surface area contributed by atoms with Crippen molar-refractivity contribution in [3.63, 3.8) is 0 Å². The number of phenols is 1. The molecule has 0 saturated heterocycles. The number of hydrogen-bond donors (Lipinski definition) is 1. The summed E-state index contributed by atoms with van der Waals surface area (Å²) >= 11 is 3.37. The van der Waals surface area contributed by atoms with E-state index in [-0.39, 0.29) is 17.5 Å². The summed E-state index contributed by atoms with van der Waals surface area (Å²) in [5.74, 6) is 1.36. The van der Waals surface area contributed by atoms with E-state index in [9.17, 15) is 9.90 Å². The summed E-state index contributed by atoms with van der Waals surface area (Å²) in [5.41, 5.74) is 3.11. The van der Waals surface area contributed by atoms with Gasteiger partial charge in [0.15, 0.2) is 11.6 Å². The van der Waals surface area contributed by atoms with E-state index in [1.807, 2.05) is 68.4 Å². The number of imidazole rings is 1. The third-order valence-electron chi connectivity index (χ3n) is 5.54. The van der Waals surface area contributed by atoms with Gasteiger partial charge in [-0.3, -0.25) is 4.79 Å². The van der Waals surface area contributed by atoms with Crippen molar-refractivity contribution in [1.29, 1.82) is 0 Å². The number of para-hydroxylation sites is 2. The molecule has 1 aromatic heterocycles. The number of carbonyl (C=O) groups is 1. The zero-order valence-electron chi connectivity index (χ0n) is 19.9. The summed E-state index contributed by atoms with van der Waals surface area (Å²) in [6.45, 7) is 4.90. The highest BCUT2D eigenvalue weighted by Crippen LogP contribution is 2.37. The molecule has 0 aliphatic heterocycles. The van der Waals surface area contributed by atoms with Crippen molar-refractivity contribution in [1.82, 2.24) is 9.71 Å². The van der Waals surface area contributed by atoms with E-state index in [1.54, 1.807) is 16.9 Å². The number of unbranched alkanes of at least 4 members (excludes halogenated alkanes) is 1. The van der Waals surface area contributed by atoms with Gasteiger partial charge < -0.3 is 14.7 Å². The molecule has 4 aromatic rings. The summed E-state index contributed by atoms with van der Waals surface area (Å²) in [6, 6.07) is 21.2. The topological polar surface area (TPSA) is 73.6 Å². The standard InChI is InChI=1S/C28H29BrN2O4/c1-19(2)18-24(32)21-14-15-25(26(29)27(21)33)34-16-8-9-17-35-31-23-13-7-6-12-22(23)30-28(31)20-10-4-3-5-11-20/h3-7,10-15,19,33H,8-9,16-18H2,1-2H3. The first-order valence-corrected chi connectivity index (χ1v) is 12.6. The van der Waals surface area contributed by atoms with Gasteiger partial charge in [0.25, 0.3) is 0 Å². The SMILES string of the molecule is CC(C)CC(=O)c1ccc(OCCCCOn2c(-c3ccccc3)nc3ccccc32)c(Br)c1O. The van der Waals surface area contributed by atoms with Crippen LogP contribution in [0.5, 0.6) is 11.5 Å². The normalized spacial score (nSPS) is 11.2. The zero-order valence-corrected chi connectivity index (χ0v) is 21.5. The largest absolute Gasteiger partial charge is 0.506 e. The Morgan fingerprint density at radius 2 is 1.71 bits per heavy atom. The molecule has 0 unspecified atom stereocenters. The number of ether oxygens (including phenoxy) is 1. The van der Waals surface area contributed by atoms with Crippen LogP contribution in [0.3, 0.4) is 0 Å². The van der Waals surface area contributed by atoms with Crippen LogP contribution >= 0.6 is 15.9 Å². The third-order valence-corrected chi connectivity index (χ3v) is 6.31. The Balaban J connectivity index is 1.33. The molecule has 1 heterocycles. The Kier molecular flexibility index (Phi) is 8.08. The summed E-state index contributed by atoms with van der Waals surface area (Å²) < 4.78 is 8.04. The fraction of sp³-hybridized carbons (Fsp3) is 0.286. The van der Waals surface area contributed by atoms with Gasteiger partial charge in [0, 0.05) is 12.0 Å². The molecule has 35 heavy (non-hydrogen) atoms. The minimum atomic E-state index is -0.0798. The van der Waals surface area contributed by atoms with Gasteiger partial charge in [0.2, 0.25) is 0 Å². The maximum absolute atomic E-state index is 12.3. The van der Waals surface area contributed by atoms with Crippen LogP contribution in [-0.2, 0) is 0 Å². The van der Waals surface area contributed by atoms with E-state index >= 15 is 0 Å². The number of Topliss-reactive ketones (excluding diaryl/α,β-unsaturated/α-hetero) is 1. The van der Waals surface area contributed by atoms with Crippen molar-refractivity contribution in [2.24, 2.45) is 5.92 Å². The minimum Gasteiger partial charge on any atom is -0.506 e. The Morgan fingerprint density at radius 3 is 2.49 bits per heavy atom. The fourth-order valence-corrected chi connectivity index (χ4v) is 4.27. The number of phenolic OH excluding ortho intramolecular Hbond substituents is 1. The lowest BCUT2D eigenvalue weighted by Gasteiger charge is -2.13. The highest BCUT2D eigenvalue weighted by atomic mass is 79.9. The Morgan fingerprint density at radius 1 is 1.00 bits per heavy atom. The van der Waals surface area contributed by atoms with Crippen LogP contribution in [0.1, 0.15) is 43.5 Å². The number of rotatable bonds is 11. The summed E-state index contributed by atoms with van der Waals surface area (Å²) in [4.78, 5) is 23.2. The van der Waals surface area contributed by atoms with Gasteiger partial charge in [0.1, 0.15) is 28.1 Å². The molecule has 0 spiro atoms. The van der Waals surface area contributed by atoms with Crippen LogP contribution in [0.4, 0.5) is 0 Å². The Bertz CT molecular complexity index is 1300. The molecule has 0 bridgehead atoms. The van der Waals surface area contributed by atoms with Gasteiger partial charge in [-0.05, 0) is 59.0 Å². The number of halogens is 1. The van der Waals surface area contributed by atoms with Crippen molar-refractivity contribution in [3.05, 3.63) is 76.8 Å². The highest BCUT2D eigenvalue weighted by Gasteiger charge is 2.18. The van der Waals surface area contributed by atoms with E-state index in [4.69, 9.17) is 14.6 Å². The number of nitrogens with zero attached hydrogens (tertiary/aromatic N) is 2. The molecule has 0 aliphatic carbocycles. The van der Waals surface area contributed by atoms with Crippen molar-refractivity contribution in [2.75, 3.05) is 13.2 Å². The lowest BCUT2D eigenvalue weighted by molar-refractivity contribution is 0.0965. The van der Waals surface area contributed by atoms with Gasteiger partial charge in [-0.15, -0.1) is 0 Å².